The molecule has 0 radical (unpaired) electrons. The van der Waals surface area contributed by atoms with Gasteiger partial charge < -0.3 is 0 Å². The summed E-state index contributed by atoms with van der Waals surface area (Å²) in [6, 6.07) is 4.07. The highest BCUT2D eigenvalue weighted by molar-refractivity contribution is 5.28. The first-order valence-corrected chi connectivity index (χ1v) is 5.84. The van der Waals surface area contributed by atoms with Crippen molar-refractivity contribution in [3.8, 4) is 6.07 Å². The SMILES string of the molecule is CC1CCCN(Cc2cncc(C#N)c2)C1. The number of piperidine rings is 1. The normalized spacial score (nSPS) is 21.6. The van der Waals surface area contributed by atoms with Gasteiger partial charge in [-0.1, -0.05) is 6.92 Å². The van der Waals surface area contributed by atoms with E-state index in [0.717, 1.165) is 24.6 Å². The Morgan fingerprint density at radius 3 is 3.19 bits per heavy atom. The van der Waals surface area contributed by atoms with E-state index in [1.165, 1.54) is 19.4 Å². The van der Waals surface area contributed by atoms with Crippen molar-refractivity contribution in [3.05, 3.63) is 29.6 Å². The number of pyridine rings is 1. The molecular formula is C13H17N3. The Balaban J connectivity index is 2.00. The highest BCUT2D eigenvalue weighted by Crippen LogP contribution is 2.17. The lowest BCUT2D eigenvalue weighted by Gasteiger charge is -2.30. The summed E-state index contributed by atoms with van der Waals surface area (Å²) < 4.78 is 0. The van der Waals surface area contributed by atoms with Crippen molar-refractivity contribution in [1.29, 1.82) is 5.26 Å². The number of nitrogens with zero attached hydrogens (tertiary/aromatic N) is 3. The largest absolute Gasteiger partial charge is 0.299 e. The predicted molar refractivity (Wildman–Crippen MR) is 62.6 cm³/mol. The van der Waals surface area contributed by atoms with Crippen molar-refractivity contribution >= 4 is 0 Å². The minimum absolute atomic E-state index is 0.655. The highest BCUT2D eigenvalue weighted by atomic mass is 15.1. The Kier molecular flexibility index (Phi) is 3.53. The first-order valence-electron chi connectivity index (χ1n) is 5.84. The fraction of sp³-hybridized carbons (Fsp3) is 0.538. The van der Waals surface area contributed by atoms with Crippen LogP contribution in [0.3, 0.4) is 0 Å². The van der Waals surface area contributed by atoms with E-state index in [9.17, 15) is 0 Å². The van der Waals surface area contributed by atoms with Gasteiger partial charge in [-0.3, -0.25) is 9.88 Å². The lowest BCUT2D eigenvalue weighted by molar-refractivity contribution is 0.176. The molecule has 1 atom stereocenters. The third kappa shape index (κ3) is 2.80. The fourth-order valence-corrected chi connectivity index (χ4v) is 2.32. The van der Waals surface area contributed by atoms with E-state index >= 15 is 0 Å². The molecule has 1 aromatic heterocycles. The van der Waals surface area contributed by atoms with E-state index in [4.69, 9.17) is 5.26 Å². The van der Waals surface area contributed by atoms with Gasteiger partial charge in [0.05, 0.1) is 5.56 Å². The number of hydrogen-bond acceptors (Lipinski definition) is 3. The van der Waals surface area contributed by atoms with Gasteiger partial charge >= 0.3 is 0 Å². The van der Waals surface area contributed by atoms with Crippen molar-refractivity contribution in [2.75, 3.05) is 13.1 Å². The fourth-order valence-electron chi connectivity index (χ4n) is 2.32. The van der Waals surface area contributed by atoms with Crippen LogP contribution in [0.5, 0.6) is 0 Å². The topological polar surface area (TPSA) is 39.9 Å². The van der Waals surface area contributed by atoms with Gasteiger partial charge in [-0.05, 0) is 36.9 Å². The molecule has 0 aliphatic carbocycles. The van der Waals surface area contributed by atoms with E-state index in [-0.39, 0.29) is 0 Å². The molecule has 1 aliphatic heterocycles. The Labute approximate surface area is 96.7 Å². The second-order valence-electron chi connectivity index (χ2n) is 4.68. The molecule has 2 rings (SSSR count). The van der Waals surface area contributed by atoms with Gasteiger partial charge in [0.2, 0.25) is 0 Å². The van der Waals surface area contributed by atoms with Crippen LogP contribution in [0.25, 0.3) is 0 Å². The van der Waals surface area contributed by atoms with E-state index in [1.54, 1.807) is 6.20 Å². The molecule has 2 heterocycles. The molecule has 0 amide bonds. The number of nitriles is 1. The standard InChI is InChI=1S/C13H17N3/c1-11-3-2-4-16(9-11)10-13-5-12(6-14)7-15-8-13/h5,7-8,11H,2-4,9-10H2,1H3. The lowest BCUT2D eigenvalue weighted by Crippen LogP contribution is -2.33. The number of rotatable bonds is 2. The molecular weight excluding hydrogens is 198 g/mol. The summed E-state index contributed by atoms with van der Waals surface area (Å²) in [6.07, 6.45) is 6.10. The molecule has 1 saturated heterocycles. The van der Waals surface area contributed by atoms with Gasteiger partial charge in [-0.2, -0.15) is 5.26 Å². The molecule has 1 unspecified atom stereocenters. The van der Waals surface area contributed by atoms with Crippen LogP contribution in [0.4, 0.5) is 0 Å². The summed E-state index contributed by atoms with van der Waals surface area (Å²) in [6.45, 7) is 5.56. The monoisotopic (exact) mass is 215 g/mol. The molecule has 1 aromatic rings. The van der Waals surface area contributed by atoms with Gasteiger partial charge in [0.15, 0.2) is 0 Å². The molecule has 16 heavy (non-hydrogen) atoms. The van der Waals surface area contributed by atoms with Gasteiger partial charge in [-0.25, -0.2) is 0 Å². The van der Waals surface area contributed by atoms with E-state index in [0.29, 0.717) is 5.56 Å². The van der Waals surface area contributed by atoms with E-state index < -0.39 is 0 Å². The average molecular weight is 215 g/mol. The van der Waals surface area contributed by atoms with Crippen molar-refractivity contribution < 1.29 is 0 Å². The predicted octanol–water partition coefficient (Wildman–Crippen LogP) is 2.19. The van der Waals surface area contributed by atoms with Crippen LogP contribution >= 0.6 is 0 Å². The Bertz CT molecular complexity index is 394. The van der Waals surface area contributed by atoms with Crippen LogP contribution in [0.2, 0.25) is 0 Å². The Hall–Kier alpha value is -1.40. The summed E-state index contributed by atoms with van der Waals surface area (Å²) in [5.41, 5.74) is 1.80. The van der Waals surface area contributed by atoms with Crippen molar-refractivity contribution in [3.63, 3.8) is 0 Å². The zero-order chi connectivity index (χ0) is 11.4. The summed E-state index contributed by atoms with van der Waals surface area (Å²) in [4.78, 5) is 6.54. The maximum Gasteiger partial charge on any atom is 0.101 e. The summed E-state index contributed by atoms with van der Waals surface area (Å²) >= 11 is 0. The molecule has 3 heteroatoms. The minimum Gasteiger partial charge on any atom is -0.299 e. The van der Waals surface area contributed by atoms with E-state index in [2.05, 4.69) is 22.9 Å². The Morgan fingerprint density at radius 1 is 1.56 bits per heavy atom. The van der Waals surface area contributed by atoms with Crippen molar-refractivity contribution in [2.24, 2.45) is 5.92 Å². The van der Waals surface area contributed by atoms with Crippen molar-refractivity contribution in [1.82, 2.24) is 9.88 Å². The zero-order valence-electron chi connectivity index (χ0n) is 9.69. The molecule has 1 aliphatic rings. The first kappa shape index (κ1) is 11.1. The van der Waals surface area contributed by atoms with Crippen LogP contribution in [-0.2, 0) is 6.54 Å². The minimum atomic E-state index is 0.655. The third-order valence-electron chi connectivity index (χ3n) is 3.07. The van der Waals surface area contributed by atoms with Crippen LogP contribution in [0.1, 0.15) is 30.9 Å². The Morgan fingerprint density at radius 2 is 2.44 bits per heavy atom. The molecule has 0 aromatic carbocycles. The smallest absolute Gasteiger partial charge is 0.101 e. The van der Waals surface area contributed by atoms with Crippen LogP contribution in [0, 0.1) is 17.2 Å². The molecule has 0 spiro atoms. The van der Waals surface area contributed by atoms with Crippen LogP contribution in [-0.4, -0.2) is 23.0 Å². The van der Waals surface area contributed by atoms with Gasteiger partial charge in [0.1, 0.15) is 6.07 Å². The first-order chi connectivity index (χ1) is 7.78. The second-order valence-corrected chi connectivity index (χ2v) is 4.68. The van der Waals surface area contributed by atoms with Gasteiger partial charge in [-0.15, -0.1) is 0 Å². The second kappa shape index (κ2) is 5.09. The maximum absolute atomic E-state index is 8.81. The third-order valence-corrected chi connectivity index (χ3v) is 3.07. The van der Waals surface area contributed by atoms with Gasteiger partial charge in [0, 0.05) is 25.5 Å². The summed E-state index contributed by atoms with van der Waals surface area (Å²) in [5, 5.41) is 8.81. The van der Waals surface area contributed by atoms with Gasteiger partial charge in [0.25, 0.3) is 0 Å². The zero-order valence-corrected chi connectivity index (χ0v) is 9.69. The summed E-state index contributed by atoms with van der Waals surface area (Å²) in [7, 11) is 0. The van der Waals surface area contributed by atoms with Crippen molar-refractivity contribution in [2.45, 2.75) is 26.3 Å². The lowest BCUT2D eigenvalue weighted by atomic mass is 10.00. The van der Waals surface area contributed by atoms with Crippen LogP contribution < -0.4 is 0 Å². The maximum atomic E-state index is 8.81. The molecule has 0 saturated carbocycles. The molecule has 1 fully saturated rings. The molecule has 0 bridgehead atoms. The number of likely N-dealkylation sites (tertiary alicyclic amines) is 1. The highest BCUT2D eigenvalue weighted by Gasteiger charge is 2.16. The quantitative estimate of drug-likeness (QED) is 0.759. The average Bonchev–Trinajstić information content (AvgIpc) is 2.29. The molecule has 0 N–H and O–H groups in total. The number of aromatic nitrogens is 1. The number of hydrogen-bond donors (Lipinski definition) is 0. The summed E-state index contributed by atoms with van der Waals surface area (Å²) in [5.74, 6) is 0.792. The molecule has 3 nitrogen and oxygen atoms in total. The van der Waals surface area contributed by atoms with Crippen LogP contribution in [0.15, 0.2) is 18.5 Å². The van der Waals surface area contributed by atoms with E-state index in [1.807, 2.05) is 12.3 Å². The molecule has 84 valence electrons.